The molecule has 0 aliphatic heterocycles. The van der Waals surface area contributed by atoms with Crippen molar-refractivity contribution in [2.75, 3.05) is 26.5 Å². The molecule has 4 aromatic rings. The van der Waals surface area contributed by atoms with Gasteiger partial charge >= 0.3 is 0 Å². The van der Waals surface area contributed by atoms with Gasteiger partial charge in [0.1, 0.15) is 24.0 Å². The molecule has 0 bridgehead atoms. The van der Waals surface area contributed by atoms with Gasteiger partial charge in [0.2, 0.25) is 0 Å². The maximum atomic E-state index is 6.61. The fourth-order valence-corrected chi connectivity index (χ4v) is 4.99. The number of allylic oxidation sites excluding steroid dienone is 1. The predicted molar refractivity (Wildman–Crippen MR) is 140 cm³/mol. The zero-order valence-corrected chi connectivity index (χ0v) is 20.2. The van der Waals surface area contributed by atoms with Crippen LogP contribution in [0.1, 0.15) is 18.4 Å². The number of ether oxygens (including phenoxy) is 1. The largest absolute Gasteiger partial charge is 0.488 e. The van der Waals surface area contributed by atoms with Gasteiger partial charge in [0.15, 0.2) is 0 Å². The highest BCUT2D eigenvalue weighted by molar-refractivity contribution is 7.16. The van der Waals surface area contributed by atoms with Crippen molar-refractivity contribution in [3.05, 3.63) is 53.9 Å². The number of aromatic nitrogens is 3. The van der Waals surface area contributed by atoms with Gasteiger partial charge < -0.3 is 20.7 Å². The lowest BCUT2D eigenvalue weighted by atomic mass is 9.88. The van der Waals surface area contributed by atoms with Crippen LogP contribution >= 0.6 is 11.3 Å². The molecule has 0 radical (unpaired) electrons. The number of hydrogen-bond donors (Lipinski definition) is 2. The van der Waals surface area contributed by atoms with Gasteiger partial charge in [-0.05, 0) is 62.8 Å². The number of hydrogen-bond acceptors (Lipinski definition) is 9. The van der Waals surface area contributed by atoms with Gasteiger partial charge in [0.05, 0.1) is 26.6 Å². The molecule has 9 heteroatoms. The molecule has 2 aromatic carbocycles. The van der Waals surface area contributed by atoms with Crippen LogP contribution in [0.5, 0.6) is 5.75 Å². The van der Waals surface area contributed by atoms with E-state index in [9.17, 15) is 0 Å². The van der Waals surface area contributed by atoms with Crippen molar-refractivity contribution in [2.24, 2.45) is 10.7 Å². The number of thiazole rings is 1. The van der Waals surface area contributed by atoms with E-state index in [1.807, 2.05) is 29.8 Å². The number of nitrogens with two attached hydrogens (primary N) is 1. The topological polar surface area (TPSA) is 102 Å². The van der Waals surface area contributed by atoms with E-state index >= 15 is 0 Å². The summed E-state index contributed by atoms with van der Waals surface area (Å²) in [6, 6.07) is 10.5. The summed E-state index contributed by atoms with van der Waals surface area (Å²) < 4.78 is 7.72. The molecule has 2 atom stereocenters. The highest BCUT2D eigenvalue weighted by atomic mass is 32.1. The van der Waals surface area contributed by atoms with Crippen LogP contribution in [0, 0.1) is 0 Å². The Kier molecular flexibility index (Phi) is 6.12. The summed E-state index contributed by atoms with van der Waals surface area (Å²) in [5.74, 6) is 1.42. The summed E-state index contributed by atoms with van der Waals surface area (Å²) >= 11 is 1.61. The Morgan fingerprint density at radius 2 is 2.06 bits per heavy atom. The Bertz CT molecular complexity index is 1390. The highest BCUT2D eigenvalue weighted by Gasteiger charge is 2.35. The molecule has 2 heterocycles. The first-order valence-electron chi connectivity index (χ1n) is 11.1. The Morgan fingerprint density at radius 1 is 1.18 bits per heavy atom. The first kappa shape index (κ1) is 22.2. The molecule has 8 nitrogen and oxygen atoms in total. The number of rotatable bonds is 7. The quantitative estimate of drug-likeness (QED) is 0.382. The maximum Gasteiger partial charge on any atom is 0.145 e. The molecule has 0 saturated heterocycles. The third-order valence-electron chi connectivity index (χ3n) is 6.19. The average molecular weight is 474 g/mol. The second kappa shape index (κ2) is 9.36. The first-order valence-corrected chi connectivity index (χ1v) is 12.0. The third kappa shape index (κ3) is 4.20. The number of benzene rings is 2. The Hall–Kier alpha value is -3.56. The van der Waals surface area contributed by atoms with Crippen LogP contribution in [0.25, 0.3) is 26.7 Å². The van der Waals surface area contributed by atoms with Gasteiger partial charge in [-0.1, -0.05) is 0 Å². The molecule has 174 valence electrons. The van der Waals surface area contributed by atoms with E-state index in [4.69, 9.17) is 10.5 Å². The minimum Gasteiger partial charge on any atom is -0.488 e. The van der Waals surface area contributed by atoms with Crippen molar-refractivity contribution in [1.29, 1.82) is 0 Å². The number of likely N-dealkylation sites (N-methyl/N-ethyl adjacent to an activating group) is 1. The molecule has 0 amide bonds. The second-order valence-corrected chi connectivity index (χ2v) is 9.41. The van der Waals surface area contributed by atoms with Gasteiger partial charge in [-0.15, -0.1) is 11.3 Å². The van der Waals surface area contributed by atoms with Gasteiger partial charge in [-0.2, -0.15) is 0 Å². The maximum absolute atomic E-state index is 6.61. The summed E-state index contributed by atoms with van der Waals surface area (Å²) in [5.41, 5.74) is 12.1. The Morgan fingerprint density at radius 3 is 2.79 bits per heavy atom. The van der Waals surface area contributed by atoms with Crippen LogP contribution < -0.4 is 15.8 Å². The van der Waals surface area contributed by atoms with Gasteiger partial charge in [-0.3, -0.25) is 4.99 Å². The lowest BCUT2D eigenvalue weighted by Gasteiger charge is -2.41. The molecule has 0 spiro atoms. The molecule has 3 N–H and O–H groups in total. The zero-order chi connectivity index (χ0) is 23.7. The van der Waals surface area contributed by atoms with Gasteiger partial charge in [-0.25, -0.2) is 15.0 Å². The standard InChI is InChI=1S/C25H27N7OS/c1-27-12-16(11-26)15-8-19-24(22(9-15)33-21-7-6-20(21)32(2)3)25(29-13-28-19)31-17-4-5-18-23(10-17)34-14-30-18/h4-5,8-14,20-21H,6-7,26H2,1-3H3,(H,28,29,31)/b16-11+,27-12?/t20-,21-/m0/s1. The average Bonchev–Trinajstić information content (AvgIpc) is 3.27. The van der Waals surface area contributed by atoms with E-state index in [0.717, 1.165) is 56.5 Å². The van der Waals surface area contributed by atoms with E-state index in [-0.39, 0.29) is 6.10 Å². The van der Waals surface area contributed by atoms with Crippen LogP contribution in [-0.2, 0) is 0 Å². The molecule has 34 heavy (non-hydrogen) atoms. The zero-order valence-electron chi connectivity index (χ0n) is 19.4. The molecule has 1 aliphatic rings. The van der Waals surface area contributed by atoms with Crippen LogP contribution in [0.3, 0.4) is 0 Å². The first-order chi connectivity index (χ1) is 16.6. The monoisotopic (exact) mass is 473 g/mol. The van der Waals surface area contributed by atoms with E-state index in [0.29, 0.717) is 11.9 Å². The Balaban J connectivity index is 1.61. The lowest BCUT2D eigenvalue weighted by molar-refractivity contribution is 0.0205. The normalized spacial score (nSPS) is 18.6. The van der Waals surface area contributed by atoms with E-state index in [1.54, 1.807) is 37.1 Å². The van der Waals surface area contributed by atoms with E-state index < -0.39 is 0 Å². The van der Waals surface area contributed by atoms with E-state index in [2.05, 4.69) is 50.3 Å². The number of nitrogens with zero attached hydrogens (tertiary/aromatic N) is 5. The van der Waals surface area contributed by atoms with Crippen LogP contribution in [0.4, 0.5) is 11.5 Å². The molecular formula is C25H27N7OS. The fraction of sp³-hybridized carbons (Fsp3) is 0.280. The minimum atomic E-state index is 0.0974. The van der Waals surface area contributed by atoms with Crippen molar-refractivity contribution in [2.45, 2.75) is 25.0 Å². The summed E-state index contributed by atoms with van der Waals surface area (Å²) in [4.78, 5) is 19.9. The van der Waals surface area contributed by atoms with Crippen LogP contribution in [-0.4, -0.2) is 59.4 Å². The highest BCUT2D eigenvalue weighted by Crippen LogP contribution is 2.38. The molecule has 2 aromatic heterocycles. The molecular weight excluding hydrogens is 446 g/mol. The van der Waals surface area contributed by atoms with E-state index in [1.165, 1.54) is 0 Å². The number of fused-ring (bicyclic) bond motifs is 2. The summed E-state index contributed by atoms with van der Waals surface area (Å²) in [6.45, 7) is 0. The van der Waals surface area contributed by atoms with Crippen molar-refractivity contribution < 1.29 is 4.74 Å². The van der Waals surface area contributed by atoms with Gasteiger partial charge in [0, 0.05) is 36.8 Å². The summed E-state index contributed by atoms with van der Waals surface area (Å²) in [5, 5.41) is 4.31. The molecule has 5 rings (SSSR count). The predicted octanol–water partition coefficient (Wildman–Crippen LogP) is 4.45. The van der Waals surface area contributed by atoms with Crippen LogP contribution in [0.15, 0.2) is 53.4 Å². The Labute approximate surface area is 202 Å². The third-order valence-corrected chi connectivity index (χ3v) is 6.99. The number of anilines is 2. The smallest absolute Gasteiger partial charge is 0.145 e. The lowest BCUT2D eigenvalue weighted by Crippen LogP contribution is -2.50. The van der Waals surface area contributed by atoms with Crippen molar-refractivity contribution in [1.82, 2.24) is 19.9 Å². The van der Waals surface area contributed by atoms with Crippen molar-refractivity contribution >= 4 is 55.7 Å². The van der Waals surface area contributed by atoms with Gasteiger partial charge in [0.25, 0.3) is 0 Å². The van der Waals surface area contributed by atoms with Crippen LogP contribution in [0.2, 0.25) is 0 Å². The SMILES string of the molecule is CN=C/C(=C\N)c1cc(O[C@H]2CC[C@@H]2N(C)C)c2c(Nc3ccc4ncsc4c3)ncnc2c1. The molecule has 1 fully saturated rings. The minimum absolute atomic E-state index is 0.0974. The number of aliphatic imine (C=N–C) groups is 1. The summed E-state index contributed by atoms with van der Waals surface area (Å²) in [6.07, 6.45) is 7.07. The van der Waals surface area contributed by atoms with Crippen molar-refractivity contribution in [3.8, 4) is 5.75 Å². The van der Waals surface area contributed by atoms with Crippen molar-refractivity contribution in [3.63, 3.8) is 0 Å². The molecule has 1 aliphatic carbocycles. The number of nitrogens with one attached hydrogen (secondary N) is 1. The fourth-order valence-electron chi connectivity index (χ4n) is 4.27. The molecule has 1 saturated carbocycles. The molecule has 0 unspecified atom stereocenters. The summed E-state index contributed by atoms with van der Waals surface area (Å²) in [7, 11) is 5.91. The second-order valence-electron chi connectivity index (χ2n) is 8.52.